The zero-order valence-electron chi connectivity index (χ0n) is 10.8. The van der Waals surface area contributed by atoms with E-state index >= 15 is 0 Å². The van der Waals surface area contributed by atoms with Crippen molar-refractivity contribution in [2.75, 3.05) is 26.2 Å². The van der Waals surface area contributed by atoms with Gasteiger partial charge in [-0.1, -0.05) is 0 Å². The highest BCUT2D eigenvalue weighted by Crippen LogP contribution is 2.27. The van der Waals surface area contributed by atoms with Gasteiger partial charge >= 0.3 is 12.0 Å². The summed E-state index contributed by atoms with van der Waals surface area (Å²) < 4.78 is 4.74. The molecule has 0 spiro atoms. The van der Waals surface area contributed by atoms with E-state index in [1.54, 1.807) is 6.92 Å². The number of esters is 1. The van der Waals surface area contributed by atoms with Crippen molar-refractivity contribution >= 4 is 12.0 Å². The standard InChI is InChI=1S/C12H21N3O3/c1-2-18-11(16)8-13-12(17)14-9-5-7-15-6-3-4-10(9)15/h9-10H,2-8H2,1H3,(H2,13,14,17). The molecule has 0 aromatic heterocycles. The number of fused-ring (bicyclic) bond motifs is 1. The molecule has 0 bridgehead atoms. The van der Waals surface area contributed by atoms with Crippen LogP contribution in [0.1, 0.15) is 26.2 Å². The lowest BCUT2D eigenvalue weighted by atomic mass is 10.1. The number of nitrogens with one attached hydrogen (secondary N) is 2. The van der Waals surface area contributed by atoms with E-state index in [0.29, 0.717) is 12.6 Å². The Labute approximate surface area is 107 Å². The quantitative estimate of drug-likeness (QED) is 0.698. The zero-order valence-corrected chi connectivity index (χ0v) is 10.8. The molecule has 0 aliphatic carbocycles. The van der Waals surface area contributed by atoms with Crippen LogP contribution in [-0.2, 0) is 9.53 Å². The van der Waals surface area contributed by atoms with E-state index in [1.165, 1.54) is 6.42 Å². The molecule has 0 aromatic rings. The molecule has 2 rings (SSSR count). The normalized spacial score (nSPS) is 26.7. The van der Waals surface area contributed by atoms with Crippen molar-refractivity contribution in [2.45, 2.75) is 38.3 Å². The third-order valence-corrected chi connectivity index (χ3v) is 3.62. The number of ether oxygens (including phenoxy) is 1. The van der Waals surface area contributed by atoms with Crippen LogP contribution in [0.5, 0.6) is 0 Å². The van der Waals surface area contributed by atoms with Crippen LogP contribution in [0.2, 0.25) is 0 Å². The Kier molecular flexibility index (Phi) is 4.41. The average molecular weight is 255 g/mol. The van der Waals surface area contributed by atoms with Gasteiger partial charge in [0.1, 0.15) is 6.54 Å². The molecule has 2 aliphatic heterocycles. The molecule has 2 amide bonds. The number of hydrogen-bond acceptors (Lipinski definition) is 4. The van der Waals surface area contributed by atoms with Crippen LogP contribution in [0.4, 0.5) is 4.79 Å². The van der Waals surface area contributed by atoms with Gasteiger partial charge in [-0.05, 0) is 32.7 Å². The first-order chi connectivity index (χ1) is 8.70. The number of urea groups is 1. The zero-order chi connectivity index (χ0) is 13.0. The molecule has 2 saturated heterocycles. The van der Waals surface area contributed by atoms with Gasteiger partial charge in [0.2, 0.25) is 0 Å². The maximum absolute atomic E-state index is 11.6. The Morgan fingerprint density at radius 3 is 2.94 bits per heavy atom. The second-order valence-electron chi connectivity index (χ2n) is 4.77. The van der Waals surface area contributed by atoms with Gasteiger partial charge in [0, 0.05) is 18.6 Å². The largest absolute Gasteiger partial charge is 0.465 e. The lowest BCUT2D eigenvalue weighted by Gasteiger charge is -2.21. The first-order valence-electron chi connectivity index (χ1n) is 6.64. The van der Waals surface area contributed by atoms with Crippen molar-refractivity contribution in [3.63, 3.8) is 0 Å². The molecule has 6 nitrogen and oxygen atoms in total. The number of amides is 2. The van der Waals surface area contributed by atoms with Crippen LogP contribution >= 0.6 is 0 Å². The topological polar surface area (TPSA) is 70.7 Å². The first kappa shape index (κ1) is 13.1. The van der Waals surface area contributed by atoms with E-state index < -0.39 is 5.97 Å². The third-order valence-electron chi connectivity index (χ3n) is 3.62. The minimum absolute atomic E-state index is 0.0687. The van der Waals surface area contributed by atoms with Gasteiger partial charge in [-0.25, -0.2) is 4.79 Å². The van der Waals surface area contributed by atoms with Crippen molar-refractivity contribution in [3.05, 3.63) is 0 Å². The Bertz CT molecular complexity index is 322. The maximum Gasteiger partial charge on any atom is 0.325 e. The SMILES string of the molecule is CCOC(=O)CNC(=O)NC1CCN2CCCC12. The molecule has 2 N–H and O–H groups in total. The number of hydrogen-bond donors (Lipinski definition) is 2. The molecule has 18 heavy (non-hydrogen) atoms. The minimum atomic E-state index is -0.401. The summed E-state index contributed by atoms with van der Waals surface area (Å²) in [5.41, 5.74) is 0. The van der Waals surface area contributed by atoms with Crippen molar-refractivity contribution in [3.8, 4) is 0 Å². The number of carbonyl (C=O) groups is 2. The smallest absolute Gasteiger partial charge is 0.325 e. The van der Waals surface area contributed by atoms with E-state index in [1.807, 2.05) is 0 Å². The minimum Gasteiger partial charge on any atom is -0.465 e. The molecular weight excluding hydrogens is 234 g/mol. The average Bonchev–Trinajstić information content (AvgIpc) is 2.92. The van der Waals surface area contributed by atoms with Crippen molar-refractivity contribution in [1.82, 2.24) is 15.5 Å². The summed E-state index contributed by atoms with van der Waals surface area (Å²) in [6, 6.07) is 0.426. The fourth-order valence-corrected chi connectivity index (χ4v) is 2.83. The van der Waals surface area contributed by atoms with Gasteiger partial charge in [0.25, 0.3) is 0 Å². The highest BCUT2D eigenvalue weighted by atomic mass is 16.5. The molecule has 2 aliphatic rings. The van der Waals surface area contributed by atoms with Gasteiger partial charge in [0.05, 0.1) is 6.61 Å². The van der Waals surface area contributed by atoms with E-state index in [-0.39, 0.29) is 18.6 Å². The molecule has 102 valence electrons. The fourth-order valence-electron chi connectivity index (χ4n) is 2.83. The second-order valence-corrected chi connectivity index (χ2v) is 4.77. The van der Waals surface area contributed by atoms with E-state index in [9.17, 15) is 9.59 Å². The lowest BCUT2D eigenvalue weighted by Crippen LogP contribution is -2.48. The lowest BCUT2D eigenvalue weighted by molar-refractivity contribution is -0.141. The van der Waals surface area contributed by atoms with Crippen molar-refractivity contribution in [2.24, 2.45) is 0 Å². The van der Waals surface area contributed by atoms with E-state index in [4.69, 9.17) is 4.74 Å². The number of nitrogens with zero attached hydrogens (tertiary/aromatic N) is 1. The molecule has 6 heteroatoms. The Morgan fingerprint density at radius 2 is 2.17 bits per heavy atom. The fraction of sp³-hybridized carbons (Fsp3) is 0.833. The molecule has 2 unspecified atom stereocenters. The molecule has 2 heterocycles. The highest BCUT2D eigenvalue weighted by molar-refractivity contribution is 5.80. The first-order valence-corrected chi connectivity index (χ1v) is 6.64. The monoisotopic (exact) mass is 255 g/mol. The van der Waals surface area contributed by atoms with E-state index in [0.717, 1.165) is 25.9 Å². The Morgan fingerprint density at radius 1 is 1.33 bits per heavy atom. The predicted octanol–water partition coefficient (Wildman–Crippen LogP) is 0.0854. The van der Waals surface area contributed by atoms with Crippen LogP contribution in [0.3, 0.4) is 0 Å². The van der Waals surface area contributed by atoms with Gasteiger partial charge in [-0.2, -0.15) is 0 Å². The van der Waals surface area contributed by atoms with Crippen LogP contribution in [0.15, 0.2) is 0 Å². The summed E-state index contributed by atoms with van der Waals surface area (Å²) in [5, 5.41) is 5.48. The van der Waals surface area contributed by atoms with Crippen molar-refractivity contribution in [1.29, 1.82) is 0 Å². The Balaban J connectivity index is 1.69. The van der Waals surface area contributed by atoms with Crippen molar-refractivity contribution < 1.29 is 14.3 Å². The third kappa shape index (κ3) is 3.13. The Hall–Kier alpha value is -1.30. The van der Waals surface area contributed by atoms with Crippen LogP contribution in [-0.4, -0.2) is 55.2 Å². The number of carbonyl (C=O) groups excluding carboxylic acids is 2. The van der Waals surface area contributed by atoms with Crippen LogP contribution in [0.25, 0.3) is 0 Å². The molecule has 0 saturated carbocycles. The van der Waals surface area contributed by atoms with Crippen LogP contribution in [0, 0.1) is 0 Å². The second kappa shape index (κ2) is 6.04. The van der Waals surface area contributed by atoms with Crippen LogP contribution < -0.4 is 10.6 Å². The molecule has 0 aromatic carbocycles. The summed E-state index contributed by atoms with van der Waals surface area (Å²) in [6.07, 6.45) is 3.37. The molecule has 0 radical (unpaired) electrons. The summed E-state index contributed by atoms with van der Waals surface area (Å²) in [4.78, 5) is 25.2. The van der Waals surface area contributed by atoms with Gasteiger partial charge in [-0.3, -0.25) is 9.69 Å². The van der Waals surface area contributed by atoms with Gasteiger partial charge in [-0.15, -0.1) is 0 Å². The van der Waals surface area contributed by atoms with Gasteiger partial charge in [0.15, 0.2) is 0 Å². The molecule has 2 atom stereocenters. The number of rotatable bonds is 4. The predicted molar refractivity (Wildman–Crippen MR) is 66.2 cm³/mol. The summed E-state index contributed by atoms with van der Waals surface area (Å²) in [5.74, 6) is -0.401. The molecular formula is C12H21N3O3. The summed E-state index contributed by atoms with van der Waals surface area (Å²) >= 11 is 0. The van der Waals surface area contributed by atoms with Gasteiger partial charge < -0.3 is 15.4 Å². The van der Waals surface area contributed by atoms with E-state index in [2.05, 4.69) is 15.5 Å². The summed E-state index contributed by atoms with van der Waals surface area (Å²) in [7, 11) is 0. The highest BCUT2D eigenvalue weighted by Gasteiger charge is 2.37. The summed E-state index contributed by atoms with van der Waals surface area (Å²) in [6.45, 7) is 4.22. The molecule has 2 fully saturated rings. The maximum atomic E-state index is 11.6.